The van der Waals surface area contributed by atoms with Crippen molar-refractivity contribution in [1.82, 2.24) is 5.32 Å². The van der Waals surface area contributed by atoms with Crippen molar-refractivity contribution in [2.45, 2.75) is 56.7 Å². The predicted molar refractivity (Wildman–Crippen MR) is 79.0 cm³/mol. The van der Waals surface area contributed by atoms with Crippen molar-refractivity contribution in [2.24, 2.45) is 0 Å². The molecule has 0 aliphatic heterocycles. The number of hydrogen-bond acceptors (Lipinski definition) is 2. The third kappa shape index (κ3) is 5.13. The minimum Gasteiger partial charge on any atom is -0.353 e. The molecule has 0 saturated carbocycles. The van der Waals surface area contributed by atoms with Crippen LogP contribution in [-0.2, 0) is 4.79 Å². The highest BCUT2D eigenvalue weighted by atomic mass is 32.2. The van der Waals surface area contributed by atoms with Gasteiger partial charge >= 0.3 is 0 Å². The summed E-state index contributed by atoms with van der Waals surface area (Å²) in [6.45, 7) is 8.22. The minimum absolute atomic E-state index is 0.0491. The van der Waals surface area contributed by atoms with Crippen LogP contribution in [-0.4, -0.2) is 17.2 Å². The van der Waals surface area contributed by atoms with Crippen LogP contribution in [0.3, 0.4) is 0 Å². The van der Waals surface area contributed by atoms with Crippen LogP contribution in [0.1, 0.15) is 39.2 Å². The fraction of sp³-hybridized carbons (Fsp3) is 0.533. The maximum Gasteiger partial charge on any atom is 0.233 e. The fourth-order valence-electron chi connectivity index (χ4n) is 1.74. The second-order valence-electron chi connectivity index (χ2n) is 4.77. The lowest BCUT2D eigenvalue weighted by Crippen LogP contribution is -2.37. The van der Waals surface area contributed by atoms with Crippen molar-refractivity contribution < 1.29 is 4.79 Å². The van der Waals surface area contributed by atoms with Gasteiger partial charge in [-0.05, 0) is 39.3 Å². The standard InChI is InChI=1S/C15H23NOS/c1-5-6-12(3)16-15(17)13(4)18-14-9-7-11(2)8-10-14/h7-10,12-13H,5-6H2,1-4H3,(H,16,17)/t12-,13+/m0/s1. The molecule has 0 heterocycles. The molecule has 0 aliphatic carbocycles. The summed E-state index contributed by atoms with van der Waals surface area (Å²) in [6.07, 6.45) is 2.13. The number of thioether (sulfide) groups is 1. The van der Waals surface area contributed by atoms with E-state index < -0.39 is 0 Å². The molecule has 2 nitrogen and oxygen atoms in total. The van der Waals surface area contributed by atoms with E-state index >= 15 is 0 Å². The zero-order valence-electron chi connectivity index (χ0n) is 11.7. The zero-order valence-corrected chi connectivity index (χ0v) is 12.5. The lowest BCUT2D eigenvalue weighted by molar-refractivity contribution is -0.120. The molecule has 0 spiro atoms. The first-order valence-electron chi connectivity index (χ1n) is 6.56. The monoisotopic (exact) mass is 265 g/mol. The Kier molecular flexibility index (Phi) is 6.27. The Morgan fingerprint density at radius 2 is 1.89 bits per heavy atom. The number of carbonyl (C=O) groups excluding carboxylic acids is 1. The summed E-state index contributed by atoms with van der Waals surface area (Å²) in [6, 6.07) is 8.56. The van der Waals surface area contributed by atoms with Crippen molar-refractivity contribution in [3.05, 3.63) is 29.8 Å². The van der Waals surface area contributed by atoms with Crippen LogP contribution < -0.4 is 5.32 Å². The molecular weight excluding hydrogens is 242 g/mol. The molecule has 0 unspecified atom stereocenters. The van der Waals surface area contributed by atoms with Crippen LogP contribution in [0, 0.1) is 6.92 Å². The van der Waals surface area contributed by atoms with Crippen molar-refractivity contribution >= 4 is 17.7 Å². The normalized spacial score (nSPS) is 14.0. The molecule has 1 amide bonds. The number of amides is 1. The summed E-state index contributed by atoms with van der Waals surface area (Å²) in [5.41, 5.74) is 1.24. The molecule has 100 valence electrons. The molecule has 1 rings (SSSR count). The van der Waals surface area contributed by atoms with E-state index in [1.807, 2.05) is 6.92 Å². The van der Waals surface area contributed by atoms with Crippen molar-refractivity contribution in [2.75, 3.05) is 0 Å². The van der Waals surface area contributed by atoms with Crippen molar-refractivity contribution in [3.8, 4) is 0 Å². The van der Waals surface area contributed by atoms with Crippen LogP contribution in [0.2, 0.25) is 0 Å². The van der Waals surface area contributed by atoms with Crippen LogP contribution in [0.15, 0.2) is 29.2 Å². The van der Waals surface area contributed by atoms with Gasteiger partial charge in [0.15, 0.2) is 0 Å². The Morgan fingerprint density at radius 3 is 2.44 bits per heavy atom. The predicted octanol–water partition coefficient (Wildman–Crippen LogP) is 3.78. The van der Waals surface area contributed by atoms with Gasteiger partial charge in [0.2, 0.25) is 5.91 Å². The molecule has 0 bridgehead atoms. The average Bonchev–Trinajstić information content (AvgIpc) is 2.32. The summed E-state index contributed by atoms with van der Waals surface area (Å²) in [5.74, 6) is 0.126. The number of rotatable bonds is 6. The molecule has 0 fully saturated rings. The van der Waals surface area contributed by atoms with Crippen LogP contribution in [0.4, 0.5) is 0 Å². The average molecular weight is 265 g/mol. The van der Waals surface area contributed by atoms with E-state index in [-0.39, 0.29) is 17.2 Å². The van der Waals surface area contributed by atoms with E-state index in [0.29, 0.717) is 0 Å². The van der Waals surface area contributed by atoms with Gasteiger partial charge in [-0.1, -0.05) is 31.0 Å². The van der Waals surface area contributed by atoms with Gasteiger partial charge in [-0.15, -0.1) is 11.8 Å². The second-order valence-corrected chi connectivity index (χ2v) is 6.19. The van der Waals surface area contributed by atoms with Crippen molar-refractivity contribution in [3.63, 3.8) is 0 Å². The van der Waals surface area contributed by atoms with Gasteiger partial charge in [-0.3, -0.25) is 4.79 Å². The quantitative estimate of drug-likeness (QED) is 0.793. The Balaban J connectivity index is 2.46. The zero-order chi connectivity index (χ0) is 13.5. The third-order valence-electron chi connectivity index (χ3n) is 2.81. The van der Waals surface area contributed by atoms with E-state index in [1.54, 1.807) is 11.8 Å². The highest BCUT2D eigenvalue weighted by Crippen LogP contribution is 2.23. The van der Waals surface area contributed by atoms with E-state index in [4.69, 9.17) is 0 Å². The highest BCUT2D eigenvalue weighted by Gasteiger charge is 2.15. The van der Waals surface area contributed by atoms with E-state index in [1.165, 1.54) is 5.56 Å². The SMILES string of the molecule is CCC[C@H](C)NC(=O)[C@@H](C)Sc1ccc(C)cc1. The third-order valence-corrected chi connectivity index (χ3v) is 3.93. The molecule has 0 saturated heterocycles. The van der Waals surface area contributed by atoms with Gasteiger partial charge in [-0.25, -0.2) is 0 Å². The Morgan fingerprint density at radius 1 is 1.28 bits per heavy atom. The smallest absolute Gasteiger partial charge is 0.233 e. The first kappa shape index (κ1) is 15.1. The second kappa shape index (κ2) is 7.47. The van der Waals surface area contributed by atoms with Gasteiger partial charge in [0.25, 0.3) is 0 Å². The van der Waals surface area contributed by atoms with Gasteiger partial charge in [-0.2, -0.15) is 0 Å². The summed E-state index contributed by atoms with van der Waals surface area (Å²) < 4.78 is 0. The first-order chi connectivity index (χ1) is 8.52. The van der Waals surface area contributed by atoms with E-state index in [9.17, 15) is 4.79 Å². The number of nitrogens with one attached hydrogen (secondary N) is 1. The number of carbonyl (C=O) groups is 1. The van der Waals surface area contributed by atoms with Crippen LogP contribution in [0.25, 0.3) is 0 Å². The molecule has 1 N–H and O–H groups in total. The fourth-order valence-corrected chi connectivity index (χ4v) is 2.62. The van der Waals surface area contributed by atoms with Gasteiger partial charge in [0.05, 0.1) is 5.25 Å². The maximum absolute atomic E-state index is 12.0. The summed E-state index contributed by atoms with van der Waals surface area (Å²) in [4.78, 5) is 13.1. The number of benzene rings is 1. The Bertz CT molecular complexity index is 375. The lowest BCUT2D eigenvalue weighted by atomic mass is 10.2. The highest BCUT2D eigenvalue weighted by molar-refractivity contribution is 8.00. The molecular formula is C15H23NOS. The topological polar surface area (TPSA) is 29.1 Å². The van der Waals surface area contributed by atoms with Gasteiger partial charge < -0.3 is 5.32 Å². The summed E-state index contributed by atoms with van der Waals surface area (Å²) in [5, 5.41) is 3.00. The van der Waals surface area contributed by atoms with Gasteiger partial charge in [0.1, 0.15) is 0 Å². The Labute approximate surface area is 115 Å². The molecule has 1 aromatic carbocycles. The molecule has 0 radical (unpaired) electrons. The molecule has 1 aromatic rings. The van der Waals surface area contributed by atoms with E-state index in [0.717, 1.165) is 17.7 Å². The summed E-state index contributed by atoms with van der Waals surface area (Å²) >= 11 is 1.61. The molecule has 3 heteroatoms. The largest absolute Gasteiger partial charge is 0.353 e. The molecule has 0 aromatic heterocycles. The maximum atomic E-state index is 12.0. The molecule has 2 atom stereocenters. The van der Waals surface area contributed by atoms with Crippen LogP contribution in [0.5, 0.6) is 0 Å². The minimum atomic E-state index is -0.0491. The van der Waals surface area contributed by atoms with E-state index in [2.05, 4.69) is 50.4 Å². The molecule has 0 aliphatic rings. The van der Waals surface area contributed by atoms with Gasteiger partial charge in [0, 0.05) is 10.9 Å². The lowest BCUT2D eigenvalue weighted by Gasteiger charge is -2.16. The van der Waals surface area contributed by atoms with Crippen molar-refractivity contribution in [1.29, 1.82) is 0 Å². The number of hydrogen-bond donors (Lipinski definition) is 1. The Hall–Kier alpha value is -0.960. The number of aryl methyl sites for hydroxylation is 1. The summed E-state index contributed by atoms with van der Waals surface area (Å²) in [7, 11) is 0. The van der Waals surface area contributed by atoms with Crippen LogP contribution >= 0.6 is 11.8 Å². The molecule has 18 heavy (non-hydrogen) atoms. The first-order valence-corrected chi connectivity index (χ1v) is 7.44.